The van der Waals surface area contributed by atoms with Crippen LogP contribution in [0.25, 0.3) is 0 Å². The van der Waals surface area contributed by atoms with Crippen molar-refractivity contribution in [1.29, 1.82) is 0 Å². The molecule has 0 atom stereocenters. The fourth-order valence-electron chi connectivity index (χ4n) is 2.21. The fraction of sp³-hybridized carbons (Fsp3) is 0.846. The van der Waals surface area contributed by atoms with E-state index in [0.29, 0.717) is 19.4 Å². The van der Waals surface area contributed by atoms with Gasteiger partial charge in [-0.25, -0.2) is 0 Å². The van der Waals surface area contributed by atoms with E-state index in [1.54, 1.807) is 0 Å². The van der Waals surface area contributed by atoms with Crippen LogP contribution in [-0.2, 0) is 9.59 Å². The van der Waals surface area contributed by atoms with E-state index in [2.05, 4.69) is 5.32 Å². The van der Waals surface area contributed by atoms with E-state index in [9.17, 15) is 9.59 Å². The van der Waals surface area contributed by atoms with Gasteiger partial charge in [0.15, 0.2) is 0 Å². The van der Waals surface area contributed by atoms with E-state index in [-0.39, 0.29) is 17.9 Å². The van der Waals surface area contributed by atoms with Gasteiger partial charge in [-0.1, -0.05) is 6.92 Å². The van der Waals surface area contributed by atoms with Gasteiger partial charge in [-0.05, 0) is 32.2 Å². The average molecular weight is 255 g/mol. The van der Waals surface area contributed by atoms with Crippen molar-refractivity contribution in [3.63, 3.8) is 0 Å². The maximum Gasteiger partial charge on any atom is 0.222 e. The summed E-state index contributed by atoms with van der Waals surface area (Å²) in [6.45, 7) is 4.06. The summed E-state index contributed by atoms with van der Waals surface area (Å²) >= 11 is 0. The number of amides is 2. The molecule has 2 amide bonds. The van der Waals surface area contributed by atoms with Crippen molar-refractivity contribution in [3.8, 4) is 0 Å². The Labute approximate surface area is 109 Å². The standard InChI is InChI=1S/C13H25N3O2/c1-2-4-12(17)15-11-6-9-16(10-7-11)13(18)5-3-8-14/h11H,2-10,14H2,1H3,(H,15,17). The van der Waals surface area contributed by atoms with Crippen molar-refractivity contribution in [1.82, 2.24) is 10.2 Å². The lowest BCUT2D eigenvalue weighted by Gasteiger charge is -2.32. The van der Waals surface area contributed by atoms with E-state index < -0.39 is 0 Å². The molecule has 0 aromatic carbocycles. The summed E-state index contributed by atoms with van der Waals surface area (Å²) in [5.74, 6) is 0.323. The quantitative estimate of drug-likeness (QED) is 0.731. The Bertz CT molecular complexity index is 273. The number of nitrogens with two attached hydrogens (primary N) is 1. The summed E-state index contributed by atoms with van der Waals surface area (Å²) in [6.07, 6.45) is 4.50. The molecule has 5 nitrogen and oxygen atoms in total. The van der Waals surface area contributed by atoms with Gasteiger partial charge in [0, 0.05) is 32.0 Å². The monoisotopic (exact) mass is 255 g/mol. The van der Waals surface area contributed by atoms with E-state index >= 15 is 0 Å². The summed E-state index contributed by atoms with van der Waals surface area (Å²) in [5.41, 5.74) is 5.39. The smallest absolute Gasteiger partial charge is 0.222 e. The second kappa shape index (κ2) is 8.08. The second-order valence-corrected chi connectivity index (χ2v) is 4.86. The van der Waals surface area contributed by atoms with Gasteiger partial charge >= 0.3 is 0 Å². The topological polar surface area (TPSA) is 75.4 Å². The van der Waals surface area contributed by atoms with Crippen molar-refractivity contribution < 1.29 is 9.59 Å². The van der Waals surface area contributed by atoms with Gasteiger partial charge in [0.1, 0.15) is 0 Å². The Kier molecular flexibility index (Phi) is 6.72. The lowest BCUT2D eigenvalue weighted by Crippen LogP contribution is -2.46. The lowest BCUT2D eigenvalue weighted by molar-refractivity contribution is -0.132. The third-order valence-electron chi connectivity index (χ3n) is 3.28. The minimum Gasteiger partial charge on any atom is -0.353 e. The molecule has 0 saturated carbocycles. The van der Waals surface area contributed by atoms with Crippen LogP contribution in [0.15, 0.2) is 0 Å². The Morgan fingerprint density at radius 2 is 1.94 bits per heavy atom. The minimum absolute atomic E-state index is 0.130. The summed E-state index contributed by atoms with van der Waals surface area (Å²) in [7, 11) is 0. The molecule has 1 aliphatic heterocycles. The number of carbonyl (C=O) groups excluding carboxylic acids is 2. The van der Waals surface area contributed by atoms with Gasteiger partial charge in [0.25, 0.3) is 0 Å². The number of likely N-dealkylation sites (tertiary alicyclic amines) is 1. The summed E-state index contributed by atoms with van der Waals surface area (Å²) in [5, 5.41) is 3.03. The van der Waals surface area contributed by atoms with Crippen molar-refractivity contribution in [2.75, 3.05) is 19.6 Å². The SMILES string of the molecule is CCCC(=O)NC1CCN(C(=O)CCCN)CC1. The number of hydrogen-bond donors (Lipinski definition) is 2. The molecule has 0 aromatic heterocycles. The van der Waals surface area contributed by atoms with Crippen molar-refractivity contribution >= 4 is 11.8 Å². The predicted molar refractivity (Wildman–Crippen MR) is 70.9 cm³/mol. The molecule has 1 heterocycles. The average Bonchev–Trinajstić information content (AvgIpc) is 2.37. The Morgan fingerprint density at radius 3 is 2.50 bits per heavy atom. The van der Waals surface area contributed by atoms with Gasteiger partial charge in [0.05, 0.1) is 0 Å². The van der Waals surface area contributed by atoms with Gasteiger partial charge in [0.2, 0.25) is 11.8 Å². The van der Waals surface area contributed by atoms with Crippen LogP contribution < -0.4 is 11.1 Å². The van der Waals surface area contributed by atoms with E-state index in [0.717, 1.165) is 38.8 Å². The van der Waals surface area contributed by atoms with E-state index in [1.807, 2.05) is 11.8 Å². The zero-order chi connectivity index (χ0) is 13.4. The van der Waals surface area contributed by atoms with Gasteiger partial charge in [-0.3, -0.25) is 9.59 Å². The third kappa shape index (κ3) is 5.04. The van der Waals surface area contributed by atoms with Crippen LogP contribution in [-0.4, -0.2) is 42.4 Å². The Hall–Kier alpha value is -1.10. The molecule has 5 heteroatoms. The fourth-order valence-corrected chi connectivity index (χ4v) is 2.21. The Morgan fingerprint density at radius 1 is 1.28 bits per heavy atom. The zero-order valence-electron chi connectivity index (χ0n) is 11.3. The molecule has 0 radical (unpaired) electrons. The first kappa shape index (κ1) is 15.0. The second-order valence-electron chi connectivity index (χ2n) is 4.86. The first-order valence-corrected chi connectivity index (χ1v) is 6.94. The van der Waals surface area contributed by atoms with E-state index in [4.69, 9.17) is 5.73 Å². The van der Waals surface area contributed by atoms with Crippen LogP contribution in [0.3, 0.4) is 0 Å². The van der Waals surface area contributed by atoms with Crippen LogP contribution in [0.4, 0.5) is 0 Å². The molecule has 1 fully saturated rings. The van der Waals surface area contributed by atoms with Crippen molar-refractivity contribution in [2.24, 2.45) is 5.73 Å². The molecule has 0 spiro atoms. The number of piperidine rings is 1. The molecular formula is C13H25N3O2. The first-order chi connectivity index (χ1) is 8.67. The van der Waals surface area contributed by atoms with Gasteiger partial charge < -0.3 is 16.0 Å². The molecule has 0 unspecified atom stereocenters. The first-order valence-electron chi connectivity index (χ1n) is 6.94. The summed E-state index contributed by atoms with van der Waals surface area (Å²) in [4.78, 5) is 25.1. The van der Waals surface area contributed by atoms with Crippen LogP contribution in [0.2, 0.25) is 0 Å². The molecule has 104 valence electrons. The molecule has 18 heavy (non-hydrogen) atoms. The molecule has 1 aliphatic rings. The highest BCUT2D eigenvalue weighted by atomic mass is 16.2. The predicted octanol–water partition coefficient (Wildman–Crippen LogP) is 0.633. The molecule has 0 bridgehead atoms. The van der Waals surface area contributed by atoms with Crippen LogP contribution >= 0.6 is 0 Å². The van der Waals surface area contributed by atoms with Crippen LogP contribution in [0.1, 0.15) is 45.4 Å². The molecule has 0 aromatic rings. The molecule has 1 rings (SSSR count). The minimum atomic E-state index is 0.130. The highest BCUT2D eigenvalue weighted by Crippen LogP contribution is 2.12. The lowest BCUT2D eigenvalue weighted by atomic mass is 10.0. The van der Waals surface area contributed by atoms with Gasteiger partial charge in [-0.2, -0.15) is 0 Å². The molecule has 3 N–H and O–H groups in total. The maximum absolute atomic E-state index is 11.8. The van der Waals surface area contributed by atoms with Crippen molar-refractivity contribution in [2.45, 2.75) is 51.5 Å². The Balaban J connectivity index is 2.23. The van der Waals surface area contributed by atoms with Crippen molar-refractivity contribution in [3.05, 3.63) is 0 Å². The van der Waals surface area contributed by atoms with E-state index in [1.165, 1.54) is 0 Å². The van der Waals surface area contributed by atoms with Crippen LogP contribution in [0.5, 0.6) is 0 Å². The normalized spacial score (nSPS) is 16.7. The highest BCUT2D eigenvalue weighted by Gasteiger charge is 2.22. The number of nitrogens with one attached hydrogen (secondary N) is 1. The number of hydrogen-bond acceptors (Lipinski definition) is 3. The summed E-state index contributed by atoms with van der Waals surface area (Å²) in [6, 6.07) is 0.239. The molecule has 1 saturated heterocycles. The number of carbonyl (C=O) groups is 2. The van der Waals surface area contributed by atoms with Crippen LogP contribution in [0, 0.1) is 0 Å². The molecule has 0 aliphatic carbocycles. The number of nitrogens with zero attached hydrogens (tertiary/aromatic N) is 1. The maximum atomic E-state index is 11.8. The summed E-state index contributed by atoms with van der Waals surface area (Å²) < 4.78 is 0. The third-order valence-corrected chi connectivity index (χ3v) is 3.28. The largest absolute Gasteiger partial charge is 0.353 e. The van der Waals surface area contributed by atoms with Gasteiger partial charge in [-0.15, -0.1) is 0 Å². The highest BCUT2D eigenvalue weighted by molar-refractivity contribution is 5.77. The number of rotatable bonds is 6. The molecular weight excluding hydrogens is 230 g/mol. The zero-order valence-corrected chi connectivity index (χ0v) is 11.3.